The zero-order valence-electron chi connectivity index (χ0n) is 14.5. The molecule has 1 fully saturated rings. The average molecular weight is 335 g/mol. The maximum absolute atomic E-state index is 12.9. The Kier molecular flexibility index (Phi) is 3.65. The highest BCUT2D eigenvalue weighted by Crippen LogP contribution is 2.34. The van der Waals surface area contributed by atoms with Crippen molar-refractivity contribution in [2.75, 3.05) is 13.1 Å². The van der Waals surface area contributed by atoms with Gasteiger partial charge in [0.25, 0.3) is 5.91 Å². The van der Waals surface area contributed by atoms with Crippen molar-refractivity contribution in [3.8, 4) is 0 Å². The third-order valence-electron chi connectivity index (χ3n) is 5.07. The molecule has 0 saturated carbocycles. The molecule has 4 rings (SSSR count). The molecule has 1 aliphatic heterocycles. The average Bonchev–Trinajstić information content (AvgIpc) is 3.16. The first-order valence-corrected chi connectivity index (χ1v) is 8.54. The number of fused-ring (bicyclic) bond motifs is 1. The van der Waals surface area contributed by atoms with Gasteiger partial charge in [-0.1, -0.05) is 24.3 Å². The van der Waals surface area contributed by atoms with Gasteiger partial charge in [-0.2, -0.15) is 0 Å². The fourth-order valence-electron chi connectivity index (χ4n) is 3.77. The molecule has 0 spiro atoms. The Morgan fingerprint density at radius 2 is 1.96 bits per heavy atom. The van der Waals surface area contributed by atoms with E-state index in [0.717, 1.165) is 27.9 Å². The molecule has 1 N–H and O–H groups in total. The number of likely N-dealkylation sites (tertiary alicyclic amines) is 1. The van der Waals surface area contributed by atoms with Crippen LogP contribution in [0, 0.1) is 13.8 Å². The van der Waals surface area contributed by atoms with Crippen LogP contribution >= 0.6 is 0 Å². The van der Waals surface area contributed by atoms with Crippen molar-refractivity contribution in [3.63, 3.8) is 0 Å². The van der Waals surface area contributed by atoms with Gasteiger partial charge < -0.3 is 14.4 Å². The number of carbonyl (C=O) groups is 1. The molecule has 1 atom stereocenters. The third kappa shape index (κ3) is 2.72. The summed E-state index contributed by atoms with van der Waals surface area (Å²) in [6.45, 7) is 4.75. The van der Waals surface area contributed by atoms with E-state index in [1.54, 1.807) is 11.0 Å². The van der Waals surface area contributed by atoms with Crippen molar-refractivity contribution in [2.45, 2.75) is 25.9 Å². The van der Waals surface area contributed by atoms with Gasteiger partial charge in [0.15, 0.2) is 0 Å². The van der Waals surface area contributed by atoms with E-state index < -0.39 is 5.60 Å². The predicted molar refractivity (Wildman–Crippen MR) is 96.5 cm³/mol. The van der Waals surface area contributed by atoms with Gasteiger partial charge in [0, 0.05) is 17.5 Å². The maximum Gasteiger partial charge on any atom is 0.253 e. The lowest BCUT2D eigenvalue weighted by Gasteiger charge is -2.25. The molecule has 4 heteroatoms. The first-order chi connectivity index (χ1) is 12.0. The van der Waals surface area contributed by atoms with Gasteiger partial charge in [-0.25, -0.2) is 0 Å². The van der Waals surface area contributed by atoms with Crippen molar-refractivity contribution in [1.82, 2.24) is 4.90 Å². The number of hydrogen-bond acceptors (Lipinski definition) is 3. The number of carbonyl (C=O) groups excluding carboxylic acids is 1. The Morgan fingerprint density at radius 3 is 2.76 bits per heavy atom. The molecule has 1 aromatic heterocycles. The second kappa shape index (κ2) is 5.74. The van der Waals surface area contributed by atoms with Crippen molar-refractivity contribution in [1.29, 1.82) is 0 Å². The molecule has 0 unspecified atom stereocenters. The number of aryl methyl sites for hydroxylation is 2. The summed E-state index contributed by atoms with van der Waals surface area (Å²) in [7, 11) is 0. The quantitative estimate of drug-likeness (QED) is 0.775. The first-order valence-electron chi connectivity index (χ1n) is 8.54. The molecule has 2 aromatic carbocycles. The molecule has 1 amide bonds. The van der Waals surface area contributed by atoms with Gasteiger partial charge in [-0.05, 0) is 55.7 Å². The fraction of sp³-hybridized carbons (Fsp3) is 0.286. The molecule has 1 saturated heterocycles. The number of furan rings is 1. The molecule has 1 aliphatic rings. The van der Waals surface area contributed by atoms with Gasteiger partial charge in [-0.15, -0.1) is 0 Å². The summed E-state index contributed by atoms with van der Waals surface area (Å²) in [6, 6.07) is 15.2. The van der Waals surface area contributed by atoms with E-state index >= 15 is 0 Å². The zero-order valence-corrected chi connectivity index (χ0v) is 14.5. The van der Waals surface area contributed by atoms with Crippen molar-refractivity contribution < 1.29 is 14.3 Å². The van der Waals surface area contributed by atoms with Crippen LogP contribution in [0.25, 0.3) is 11.0 Å². The highest BCUT2D eigenvalue weighted by Gasteiger charge is 2.40. The standard InChI is InChI=1S/C21H21NO3/c1-14-5-3-4-6-18(14)21(24)9-10-22(13-21)20(23)16-7-8-19-17(12-16)11-15(2)25-19/h3-8,11-12,24H,9-10,13H2,1-2H3/t21-/m1/s1. The van der Waals surface area contributed by atoms with Gasteiger partial charge in [0.2, 0.25) is 0 Å². The van der Waals surface area contributed by atoms with Crippen LogP contribution in [0.1, 0.15) is 33.7 Å². The highest BCUT2D eigenvalue weighted by molar-refractivity contribution is 5.98. The van der Waals surface area contributed by atoms with Crippen LogP contribution in [-0.2, 0) is 5.60 Å². The van der Waals surface area contributed by atoms with Crippen LogP contribution < -0.4 is 0 Å². The number of nitrogens with zero attached hydrogens (tertiary/aromatic N) is 1. The molecule has 4 nitrogen and oxygen atoms in total. The zero-order chi connectivity index (χ0) is 17.6. The van der Waals surface area contributed by atoms with Crippen molar-refractivity contribution in [3.05, 3.63) is 71.0 Å². The number of aliphatic hydroxyl groups is 1. The molecule has 0 radical (unpaired) electrons. The van der Waals surface area contributed by atoms with E-state index in [0.29, 0.717) is 25.1 Å². The summed E-state index contributed by atoms with van der Waals surface area (Å²) in [5, 5.41) is 12.0. The van der Waals surface area contributed by atoms with E-state index in [1.807, 2.05) is 56.3 Å². The SMILES string of the molecule is Cc1cc2cc(C(=O)N3CC[C@](O)(c4ccccc4C)C3)ccc2o1. The summed E-state index contributed by atoms with van der Waals surface area (Å²) < 4.78 is 5.57. The molecule has 0 aliphatic carbocycles. The number of β-amino-alcohol motifs (C(OH)–C–C–N with tert-alkyl or cyclic N) is 1. The van der Waals surface area contributed by atoms with Crippen molar-refractivity contribution in [2.24, 2.45) is 0 Å². The summed E-state index contributed by atoms with van der Waals surface area (Å²) in [5.41, 5.74) is 2.40. The second-order valence-electron chi connectivity index (χ2n) is 6.93. The minimum atomic E-state index is -0.975. The Hall–Kier alpha value is -2.59. The smallest absolute Gasteiger partial charge is 0.253 e. The highest BCUT2D eigenvalue weighted by atomic mass is 16.3. The summed E-state index contributed by atoms with van der Waals surface area (Å²) >= 11 is 0. The monoisotopic (exact) mass is 335 g/mol. The first kappa shape index (κ1) is 15.9. The molecule has 25 heavy (non-hydrogen) atoms. The lowest BCUT2D eigenvalue weighted by atomic mass is 9.89. The van der Waals surface area contributed by atoms with Gasteiger partial charge in [0.1, 0.15) is 16.9 Å². The summed E-state index contributed by atoms with van der Waals surface area (Å²) in [4.78, 5) is 14.6. The van der Waals surface area contributed by atoms with Crippen LogP contribution in [0.5, 0.6) is 0 Å². The van der Waals surface area contributed by atoms with Crippen LogP contribution in [0.4, 0.5) is 0 Å². The normalized spacial score (nSPS) is 20.4. The lowest BCUT2D eigenvalue weighted by Crippen LogP contribution is -2.34. The van der Waals surface area contributed by atoms with E-state index in [1.165, 1.54) is 0 Å². The Balaban J connectivity index is 1.60. The predicted octanol–water partition coefficient (Wildman–Crippen LogP) is 3.78. The van der Waals surface area contributed by atoms with Crippen molar-refractivity contribution >= 4 is 16.9 Å². The van der Waals surface area contributed by atoms with Gasteiger partial charge >= 0.3 is 0 Å². The lowest BCUT2D eigenvalue weighted by molar-refractivity contribution is 0.0412. The maximum atomic E-state index is 12.9. The number of amides is 1. The minimum Gasteiger partial charge on any atom is -0.461 e. The van der Waals surface area contributed by atoms with Crippen LogP contribution in [0.15, 0.2) is 52.9 Å². The molecule has 0 bridgehead atoms. The molecule has 2 heterocycles. The van der Waals surface area contributed by atoms with Gasteiger partial charge in [-0.3, -0.25) is 4.79 Å². The van der Waals surface area contributed by atoms with E-state index in [4.69, 9.17) is 4.42 Å². The summed E-state index contributed by atoms with van der Waals surface area (Å²) in [6.07, 6.45) is 0.552. The number of benzene rings is 2. The topological polar surface area (TPSA) is 53.7 Å². The molecule has 128 valence electrons. The molecular weight excluding hydrogens is 314 g/mol. The van der Waals surface area contributed by atoms with E-state index in [-0.39, 0.29) is 5.91 Å². The molecule has 3 aromatic rings. The Labute approximate surface area is 146 Å². The van der Waals surface area contributed by atoms with Crippen LogP contribution in [0.2, 0.25) is 0 Å². The fourth-order valence-corrected chi connectivity index (χ4v) is 3.77. The number of hydrogen-bond donors (Lipinski definition) is 1. The number of rotatable bonds is 2. The summed E-state index contributed by atoms with van der Waals surface area (Å²) in [5.74, 6) is 0.778. The van der Waals surface area contributed by atoms with E-state index in [2.05, 4.69) is 0 Å². The third-order valence-corrected chi connectivity index (χ3v) is 5.07. The molecular formula is C21H21NO3. The Morgan fingerprint density at radius 1 is 1.16 bits per heavy atom. The second-order valence-corrected chi connectivity index (χ2v) is 6.93. The Bertz CT molecular complexity index is 959. The van der Waals surface area contributed by atoms with E-state index in [9.17, 15) is 9.90 Å². The van der Waals surface area contributed by atoms with Gasteiger partial charge in [0.05, 0.1) is 6.54 Å². The largest absolute Gasteiger partial charge is 0.461 e. The van der Waals surface area contributed by atoms with Crippen LogP contribution in [-0.4, -0.2) is 29.0 Å². The van der Waals surface area contributed by atoms with Crippen LogP contribution in [0.3, 0.4) is 0 Å². The minimum absolute atomic E-state index is 0.0507.